The summed E-state index contributed by atoms with van der Waals surface area (Å²) in [6.07, 6.45) is -3.26. The van der Waals surface area contributed by atoms with Crippen molar-refractivity contribution < 1.29 is 17.9 Å². The van der Waals surface area contributed by atoms with Crippen molar-refractivity contribution in [3.8, 4) is 0 Å². The highest BCUT2D eigenvalue weighted by atomic mass is 19.4. The first-order valence-corrected chi connectivity index (χ1v) is 5.54. The Morgan fingerprint density at radius 2 is 2.18 bits per heavy atom. The summed E-state index contributed by atoms with van der Waals surface area (Å²) in [7, 11) is 0. The first-order chi connectivity index (χ1) is 8.05. The molecule has 1 atom stereocenters. The van der Waals surface area contributed by atoms with Crippen molar-refractivity contribution in [3.63, 3.8) is 0 Å². The third-order valence-corrected chi connectivity index (χ3v) is 2.76. The first-order valence-electron chi connectivity index (χ1n) is 5.54. The number of hydrogen-bond donors (Lipinski definition) is 1. The van der Waals surface area contributed by atoms with Crippen LogP contribution in [-0.4, -0.2) is 19.2 Å². The summed E-state index contributed by atoms with van der Waals surface area (Å²) in [6.45, 7) is 1.92. The van der Waals surface area contributed by atoms with Gasteiger partial charge in [0.1, 0.15) is 0 Å². The standard InChI is InChI=1S/C12H14F3NO/c13-12(14,15)10-3-1-2-9(6-10)8-17-11-4-5-16-7-11/h1-3,6,11,16H,4-5,7-8H2/t11-/m1/s1. The molecule has 0 aromatic heterocycles. The zero-order valence-electron chi connectivity index (χ0n) is 9.26. The van der Waals surface area contributed by atoms with Crippen LogP contribution >= 0.6 is 0 Å². The van der Waals surface area contributed by atoms with Crippen molar-refractivity contribution in [1.82, 2.24) is 5.32 Å². The van der Waals surface area contributed by atoms with Crippen LogP contribution in [0.4, 0.5) is 13.2 Å². The number of rotatable bonds is 3. The van der Waals surface area contributed by atoms with Crippen LogP contribution in [-0.2, 0) is 17.5 Å². The van der Waals surface area contributed by atoms with E-state index in [1.54, 1.807) is 6.07 Å². The monoisotopic (exact) mass is 245 g/mol. The third-order valence-electron chi connectivity index (χ3n) is 2.76. The zero-order chi connectivity index (χ0) is 12.3. The lowest BCUT2D eigenvalue weighted by atomic mass is 10.1. The molecule has 0 spiro atoms. The van der Waals surface area contributed by atoms with Gasteiger partial charge in [0.25, 0.3) is 0 Å². The number of nitrogens with one attached hydrogen (secondary N) is 1. The van der Waals surface area contributed by atoms with Crippen LogP contribution in [0, 0.1) is 0 Å². The Morgan fingerprint density at radius 3 is 2.82 bits per heavy atom. The summed E-state index contributed by atoms with van der Waals surface area (Å²) in [5, 5.41) is 3.14. The molecule has 2 rings (SSSR count). The molecular formula is C12H14F3NO. The fraction of sp³-hybridized carbons (Fsp3) is 0.500. The van der Waals surface area contributed by atoms with Gasteiger partial charge in [-0.25, -0.2) is 0 Å². The number of halogens is 3. The molecule has 1 aliphatic heterocycles. The lowest BCUT2D eigenvalue weighted by Crippen LogP contribution is -2.16. The molecule has 0 saturated carbocycles. The molecule has 0 bridgehead atoms. The lowest BCUT2D eigenvalue weighted by molar-refractivity contribution is -0.137. The molecule has 1 aromatic rings. The average Bonchev–Trinajstić information content (AvgIpc) is 2.78. The van der Waals surface area contributed by atoms with Gasteiger partial charge in [-0.2, -0.15) is 13.2 Å². The Morgan fingerprint density at radius 1 is 1.35 bits per heavy atom. The minimum atomic E-state index is -4.29. The largest absolute Gasteiger partial charge is 0.416 e. The van der Waals surface area contributed by atoms with Gasteiger partial charge >= 0.3 is 6.18 Å². The van der Waals surface area contributed by atoms with Gasteiger partial charge in [0, 0.05) is 6.54 Å². The van der Waals surface area contributed by atoms with Gasteiger partial charge < -0.3 is 10.1 Å². The molecule has 94 valence electrons. The molecule has 1 saturated heterocycles. The van der Waals surface area contributed by atoms with E-state index in [0.717, 1.165) is 31.6 Å². The second-order valence-electron chi connectivity index (χ2n) is 4.12. The van der Waals surface area contributed by atoms with Crippen LogP contribution in [0.15, 0.2) is 24.3 Å². The smallest absolute Gasteiger partial charge is 0.372 e. The van der Waals surface area contributed by atoms with Gasteiger partial charge in [-0.1, -0.05) is 12.1 Å². The normalized spacial score (nSPS) is 20.8. The van der Waals surface area contributed by atoms with Crippen molar-refractivity contribution in [1.29, 1.82) is 0 Å². The van der Waals surface area contributed by atoms with E-state index >= 15 is 0 Å². The SMILES string of the molecule is FC(F)(F)c1cccc(CO[C@@H]2CCNC2)c1. The average molecular weight is 245 g/mol. The molecule has 1 fully saturated rings. The van der Waals surface area contributed by atoms with Crippen molar-refractivity contribution in [2.24, 2.45) is 0 Å². The molecule has 0 aliphatic carbocycles. The summed E-state index contributed by atoms with van der Waals surface area (Å²) in [5.74, 6) is 0. The van der Waals surface area contributed by atoms with E-state index in [2.05, 4.69) is 5.32 Å². The van der Waals surface area contributed by atoms with Crippen LogP contribution in [0.1, 0.15) is 17.5 Å². The first kappa shape index (κ1) is 12.4. The molecule has 0 radical (unpaired) electrons. The fourth-order valence-electron chi connectivity index (χ4n) is 1.82. The molecule has 2 nitrogen and oxygen atoms in total. The van der Waals surface area contributed by atoms with Crippen LogP contribution in [0.2, 0.25) is 0 Å². The van der Waals surface area contributed by atoms with Gasteiger partial charge in [-0.3, -0.25) is 0 Å². The Balaban J connectivity index is 1.96. The van der Waals surface area contributed by atoms with Crippen LogP contribution in [0.3, 0.4) is 0 Å². The Hall–Kier alpha value is -1.07. The molecule has 1 aromatic carbocycles. The predicted octanol–water partition coefficient (Wildman–Crippen LogP) is 2.58. The maximum Gasteiger partial charge on any atom is 0.416 e. The molecule has 17 heavy (non-hydrogen) atoms. The van der Waals surface area contributed by atoms with Crippen LogP contribution < -0.4 is 5.32 Å². The molecule has 1 aliphatic rings. The molecule has 0 amide bonds. The van der Waals surface area contributed by atoms with Crippen molar-refractivity contribution >= 4 is 0 Å². The second kappa shape index (κ2) is 5.06. The maximum absolute atomic E-state index is 12.5. The van der Waals surface area contributed by atoms with Gasteiger partial charge in [0.2, 0.25) is 0 Å². The predicted molar refractivity (Wildman–Crippen MR) is 57.5 cm³/mol. The van der Waals surface area contributed by atoms with E-state index in [1.807, 2.05) is 0 Å². The third kappa shape index (κ3) is 3.44. The number of ether oxygens (including phenoxy) is 1. The quantitative estimate of drug-likeness (QED) is 0.883. The molecule has 1 heterocycles. The molecule has 5 heteroatoms. The Kier molecular flexibility index (Phi) is 3.69. The van der Waals surface area contributed by atoms with E-state index in [1.165, 1.54) is 6.07 Å². The van der Waals surface area contributed by atoms with Gasteiger partial charge in [-0.05, 0) is 30.7 Å². The highest BCUT2D eigenvalue weighted by molar-refractivity contribution is 5.25. The summed E-state index contributed by atoms with van der Waals surface area (Å²) in [5.41, 5.74) is -0.0603. The highest BCUT2D eigenvalue weighted by Gasteiger charge is 2.30. The lowest BCUT2D eigenvalue weighted by Gasteiger charge is -2.12. The summed E-state index contributed by atoms with van der Waals surface area (Å²) in [6, 6.07) is 5.27. The summed E-state index contributed by atoms with van der Waals surface area (Å²) < 4.78 is 42.9. The minimum Gasteiger partial charge on any atom is -0.372 e. The highest BCUT2D eigenvalue weighted by Crippen LogP contribution is 2.29. The molecular weight excluding hydrogens is 231 g/mol. The number of alkyl halides is 3. The zero-order valence-corrected chi connectivity index (χ0v) is 9.26. The van der Waals surface area contributed by atoms with E-state index in [-0.39, 0.29) is 12.7 Å². The van der Waals surface area contributed by atoms with E-state index < -0.39 is 11.7 Å². The Bertz CT molecular complexity index is 372. The van der Waals surface area contributed by atoms with Crippen LogP contribution in [0.5, 0.6) is 0 Å². The molecule has 1 N–H and O–H groups in total. The summed E-state index contributed by atoms with van der Waals surface area (Å²) in [4.78, 5) is 0. The van der Waals surface area contributed by atoms with Crippen molar-refractivity contribution in [2.45, 2.75) is 25.3 Å². The number of benzene rings is 1. The second-order valence-corrected chi connectivity index (χ2v) is 4.12. The Labute approximate surface area is 97.8 Å². The number of hydrogen-bond acceptors (Lipinski definition) is 2. The van der Waals surface area contributed by atoms with Gasteiger partial charge in [0.15, 0.2) is 0 Å². The van der Waals surface area contributed by atoms with E-state index in [9.17, 15) is 13.2 Å². The topological polar surface area (TPSA) is 21.3 Å². The fourth-order valence-corrected chi connectivity index (χ4v) is 1.82. The van der Waals surface area contributed by atoms with Gasteiger partial charge in [0.05, 0.1) is 18.3 Å². The van der Waals surface area contributed by atoms with Gasteiger partial charge in [-0.15, -0.1) is 0 Å². The minimum absolute atomic E-state index is 0.115. The maximum atomic E-state index is 12.5. The van der Waals surface area contributed by atoms with E-state index in [0.29, 0.717) is 5.56 Å². The van der Waals surface area contributed by atoms with E-state index in [4.69, 9.17) is 4.74 Å². The van der Waals surface area contributed by atoms with Crippen molar-refractivity contribution in [3.05, 3.63) is 35.4 Å². The molecule has 0 unspecified atom stereocenters. The van der Waals surface area contributed by atoms with Crippen LogP contribution in [0.25, 0.3) is 0 Å². The summed E-state index contributed by atoms with van der Waals surface area (Å²) >= 11 is 0. The van der Waals surface area contributed by atoms with Crippen molar-refractivity contribution in [2.75, 3.05) is 13.1 Å².